The van der Waals surface area contributed by atoms with Crippen LogP contribution < -0.4 is 9.47 Å². The number of piperidine rings is 1. The molecule has 1 aromatic heterocycles. The van der Waals surface area contributed by atoms with Crippen LogP contribution in [0.3, 0.4) is 0 Å². The first kappa shape index (κ1) is 19.3. The minimum atomic E-state index is 0.0709. The van der Waals surface area contributed by atoms with Gasteiger partial charge < -0.3 is 14.4 Å². The lowest BCUT2D eigenvalue weighted by Crippen LogP contribution is -2.38. The molecule has 0 aliphatic carbocycles. The SMILES string of the molecule is CCCn1nc(-c2ccc(OC)cc2OC)cc1C(=O)N1CCC(C)CC1. The van der Waals surface area contributed by atoms with Gasteiger partial charge in [0.2, 0.25) is 0 Å². The Labute approximate surface area is 161 Å². The summed E-state index contributed by atoms with van der Waals surface area (Å²) in [5.74, 6) is 2.17. The van der Waals surface area contributed by atoms with Gasteiger partial charge in [-0.05, 0) is 43.4 Å². The fourth-order valence-corrected chi connectivity index (χ4v) is 3.49. The molecule has 1 saturated heterocycles. The molecule has 146 valence electrons. The van der Waals surface area contributed by atoms with Crippen molar-refractivity contribution in [3.63, 3.8) is 0 Å². The highest BCUT2D eigenvalue weighted by Gasteiger charge is 2.25. The van der Waals surface area contributed by atoms with Gasteiger partial charge >= 0.3 is 0 Å². The van der Waals surface area contributed by atoms with E-state index in [9.17, 15) is 4.79 Å². The molecule has 0 atom stereocenters. The number of hydrogen-bond acceptors (Lipinski definition) is 4. The molecule has 1 fully saturated rings. The van der Waals surface area contributed by atoms with Crippen molar-refractivity contribution >= 4 is 5.91 Å². The average Bonchev–Trinajstić information content (AvgIpc) is 3.11. The van der Waals surface area contributed by atoms with Crippen molar-refractivity contribution in [1.82, 2.24) is 14.7 Å². The predicted molar refractivity (Wildman–Crippen MR) is 105 cm³/mol. The van der Waals surface area contributed by atoms with Gasteiger partial charge in [0.15, 0.2) is 0 Å². The smallest absolute Gasteiger partial charge is 0.272 e. The number of amides is 1. The van der Waals surface area contributed by atoms with Crippen molar-refractivity contribution in [2.24, 2.45) is 5.92 Å². The molecule has 0 radical (unpaired) electrons. The minimum absolute atomic E-state index is 0.0709. The van der Waals surface area contributed by atoms with Gasteiger partial charge in [0, 0.05) is 31.3 Å². The zero-order chi connectivity index (χ0) is 19.4. The van der Waals surface area contributed by atoms with E-state index in [1.54, 1.807) is 14.2 Å². The summed E-state index contributed by atoms with van der Waals surface area (Å²) in [6.07, 6.45) is 3.04. The van der Waals surface area contributed by atoms with Crippen LogP contribution in [-0.2, 0) is 6.54 Å². The fraction of sp³-hybridized carbons (Fsp3) is 0.524. The Hall–Kier alpha value is -2.50. The summed E-state index contributed by atoms with van der Waals surface area (Å²) in [7, 11) is 3.25. The third-order valence-electron chi connectivity index (χ3n) is 5.19. The molecule has 2 heterocycles. The zero-order valence-electron chi connectivity index (χ0n) is 16.7. The molecule has 2 aromatic rings. The largest absolute Gasteiger partial charge is 0.497 e. The second kappa shape index (κ2) is 8.46. The monoisotopic (exact) mass is 371 g/mol. The number of methoxy groups -OCH3 is 2. The number of aryl methyl sites for hydroxylation is 1. The zero-order valence-corrected chi connectivity index (χ0v) is 16.7. The average molecular weight is 371 g/mol. The van der Waals surface area contributed by atoms with Crippen LogP contribution >= 0.6 is 0 Å². The Kier molecular flexibility index (Phi) is 6.04. The van der Waals surface area contributed by atoms with Crippen molar-refractivity contribution in [1.29, 1.82) is 0 Å². The summed E-state index contributed by atoms with van der Waals surface area (Å²) in [4.78, 5) is 15.1. The molecule has 0 saturated carbocycles. The van der Waals surface area contributed by atoms with Crippen molar-refractivity contribution in [3.8, 4) is 22.8 Å². The third-order valence-corrected chi connectivity index (χ3v) is 5.19. The Balaban J connectivity index is 1.95. The second-order valence-corrected chi connectivity index (χ2v) is 7.18. The highest BCUT2D eigenvalue weighted by molar-refractivity contribution is 5.94. The normalized spacial score (nSPS) is 15.0. The summed E-state index contributed by atoms with van der Waals surface area (Å²) in [5.41, 5.74) is 2.26. The van der Waals surface area contributed by atoms with Crippen LogP contribution in [0.15, 0.2) is 24.3 Å². The van der Waals surface area contributed by atoms with Crippen LogP contribution in [0, 0.1) is 5.92 Å². The quantitative estimate of drug-likeness (QED) is 0.774. The topological polar surface area (TPSA) is 56.6 Å². The van der Waals surface area contributed by atoms with E-state index >= 15 is 0 Å². The maximum absolute atomic E-state index is 13.1. The van der Waals surface area contributed by atoms with Crippen molar-refractivity contribution in [3.05, 3.63) is 30.0 Å². The van der Waals surface area contributed by atoms with Crippen LogP contribution in [0.1, 0.15) is 43.6 Å². The molecule has 3 rings (SSSR count). The lowest BCUT2D eigenvalue weighted by Gasteiger charge is -2.30. The Morgan fingerprint density at radius 3 is 2.56 bits per heavy atom. The molecule has 1 aromatic carbocycles. The van der Waals surface area contributed by atoms with Gasteiger partial charge in [0.05, 0.1) is 19.9 Å². The standard InChI is InChI=1S/C21H29N3O3/c1-5-10-24-19(21(25)23-11-8-15(2)9-12-23)14-18(22-24)17-7-6-16(26-3)13-20(17)27-4/h6-7,13-15H,5,8-12H2,1-4H3. The highest BCUT2D eigenvalue weighted by Crippen LogP contribution is 2.33. The number of carbonyl (C=O) groups is 1. The highest BCUT2D eigenvalue weighted by atomic mass is 16.5. The molecular formula is C21H29N3O3. The Morgan fingerprint density at radius 2 is 1.93 bits per heavy atom. The van der Waals surface area contributed by atoms with Crippen LogP contribution in [-0.4, -0.2) is 47.9 Å². The molecule has 1 aliphatic heterocycles. The van der Waals surface area contributed by atoms with Crippen molar-refractivity contribution in [2.45, 2.75) is 39.7 Å². The minimum Gasteiger partial charge on any atom is -0.497 e. The number of hydrogen-bond donors (Lipinski definition) is 0. The predicted octanol–water partition coefficient (Wildman–Crippen LogP) is 3.85. The molecule has 6 heteroatoms. The first-order valence-electron chi connectivity index (χ1n) is 9.66. The Morgan fingerprint density at radius 1 is 1.19 bits per heavy atom. The van der Waals surface area contributed by atoms with Crippen molar-refractivity contribution < 1.29 is 14.3 Å². The number of rotatable bonds is 6. The molecule has 0 bridgehead atoms. The summed E-state index contributed by atoms with van der Waals surface area (Å²) in [6.45, 7) is 6.68. The molecule has 0 unspecified atom stereocenters. The van der Waals surface area contributed by atoms with Gasteiger partial charge in [0.25, 0.3) is 5.91 Å². The van der Waals surface area contributed by atoms with E-state index in [2.05, 4.69) is 13.8 Å². The lowest BCUT2D eigenvalue weighted by molar-refractivity contribution is 0.0684. The van der Waals surface area contributed by atoms with E-state index in [1.807, 2.05) is 33.8 Å². The van der Waals surface area contributed by atoms with E-state index in [-0.39, 0.29) is 5.91 Å². The summed E-state index contributed by atoms with van der Waals surface area (Å²) >= 11 is 0. The number of aromatic nitrogens is 2. The van der Waals surface area contributed by atoms with Gasteiger partial charge in [-0.15, -0.1) is 0 Å². The molecule has 0 N–H and O–H groups in total. The van der Waals surface area contributed by atoms with E-state index in [1.165, 1.54) is 0 Å². The van der Waals surface area contributed by atoms with E-state index < -0.39 is 0 Å². The van der Waals surface area contributed by atoms with Gasteiger partial charge in [-0.1, -0.05) is 13.8 Å². The number of nitrogens with zero attached hydrogens (tertiary/aromatic N) is 3. The number of likely N-dealkylation sites (tertiary alicyclic amines) is 1. The molecular weight excluding hydrogens is 342 g/mol. The molecule has 1 amide bonds. The summed E-state index contributed by atoms with van der Waals surface area (Å²) < 4.78 is 12.6. The summed E-state index contributed by atoms with van der Waals surface area (Å²) in [5, 5.41) is 4.71. The van der Waals surface area contributed by atoms with Crippen molar-refractivity contribution in [2.75, 3.05) is 27.3 Å². The number of carbonyl (C=O) groups excluding carboxylic acids is 1. The molecule has 0 spiro atoms. The van der Waals surface area contributed by atoms with Crippen LogP contribution in [0.2, 0.25) is 0 Å². The lowest BCUT2D eigenvalue weighted by atomic mass is 9.99. The fourth-order valence-electron chi connectivity index (χ4n) is 3.49. The van der Waals surface area contributed by atoms with Gasteiger partial charge in [-0.2, -0.15) is 5.10 Å². The molecule has 6 nitrogen and oxygen atoms in total. The maximum Gasteiger partial charge on any atom is 0.272 e. The van der Waals surface area contributed by atoms with Crippen LogP contribution in [0.25, 0.3) is 11.3 Å². The van der Waals surface area contributed by atoms with E-state index in [4.69, 9.17) is 14.6 Å². The van der Waals surface area contributed by atoms with Crippen LogP contribution in [0.4, 0.5) is 0 Å². The molecule has 27 heavy (non-hydrogen) atoms. The third kappa shape index (κ3) is 4.10. The maximum atomic E-state index is 13.1. The first-order chi connectivity index (χ1) is 13.1. The van der Waals surface area contributed by atoms with E-state index in [0.29, 0.717) is 23.9 Å². The first-order valence-corrected chi connectivity index (χ1v) is 9.66. The van der Waals surface area contributed by atoms with Gasteiger partial charge in [0.1, 0.15) is 17.2 Å². The van der Waals surface area contributed by atoms with E-state index in [0.717, 1.165) is 49.4 Å². The second-order valence-electron chi connectivity index (χ2n) is 7.18. The van der Waals surface area contributed by atoms with Gasteiger partial charge in [-0.25, -0.2) is 0 Å². The molecule has 1 aliphatic rings. The number of ether oxygens (including phenoxy) is 2. The summed E-state index contributed by atoms with van der Waals surface area (Å²) in [6, 6.07) is 7.53. The van der Waals surface area contributed by atoms with Crippen LogP contribution in [0.5, 0.6) is 11.5 Å². The Bertz CT molecular complexity index is 792. The number of benzene rings is 1. The van der Waals surface area contributed by atoms with Gasteiger partial charge in [-0.3, -0.25) is 9.48 Å².